The zero-order chi connectivity index (χ0) is 4.99. The first-order valence-electron chi connectivity index (χ1n) is 1.50. The molecule has 1 amide bonds. The van der Waals surface area contributed by atoms with E-state index in [1.807, 2.05) is 0 Å². The van der Waals surface area contributed by atoms with Crippen LogP contribution in [0.5, 0.6) is 0 Å². The maximum absolute atomic E-state index is 9.77. The zero-order valence-corrected chi connectivity index (χ0v) is 3.56. The third-order valence-corrected chi connectivity index (χ3v) is 0.237. The lowest BCUT2D eigenvalue weighted by atomic mass is 10.8. The van der Waals surface area contributed by atoms with E-state index in [-0.39, 0.29) is 5.91 Å². The largest absolute Gasteiger partial charge is 0.272 e. The highest BCUT2D eigenvalue weighted by Crippen LogP contribution is 1.61. The van der Waals surface area contributed by atoms with Gasteiger partial charge < -0.3 is 0 Å². The number of amides is 1. The molecule has 6 heavy (non-hydrogen) atoms. The Kier molecular flexibility index (Phi) is 2.02. The van der Waals surface area contributed by atoms with Crippen molar-refractivity contribution < 1.29 is 4.79 Å². The van der Waals surface area contributed by atoms with Crippen LogP contribution in [0.3, 0.4) is 0 Å². The van der Waals surface area contributed by atoms with E-state index in [1.165, 1.54) is 6.92 Å². The van der Waals surface area contributed by atoms with Crippen LogP contribution in [0.2, 0.25) is 0 Å². The fourth-order valence-electron chi connectivity index (χ4n) is 0.111. The Morgan fingerprint density at radius 1 is 2.00 bits per heavy atom. The van der Waals surface area contributed by atoms with Crippen molar-refractivity contribution in [3.8, 4) is 0 Å². The average molecular weight is 83.1 g/mol. The SMILES string of the molecule is C=C=NC(C)=O. The summed E-state index contributed by atoms with van der Waals surface area (Å²) in [6.07, 6.45) is 0. The van der Waals surface area contributed by atoms with E-state index >= 15 is 0 Å². The predicted octanol–water partition coefficient (Wildman–Crippen LogP) is 0.389. The van der Waals surface area contributed by atoms with Gasteiger partial charge in [0.05, 0.1) is 0 Å². The molecule has 2 heteroatoms. The molecule has 0 saturated heterocycles. The fourth-order valence-corrected chi connectivity index (χ4v) is 0.111. The van der Waals surface area contributed by atoms with Gasteiger partial charge in [-0.2, -0.15) is 4.99 Å². The molecule has 2 nitrogen and oxygen atoms in total. The molecule has 0 rings (SSSR count). The summed E-state index contributed by atoms with van der Waals surface area (Å²) < 4.78 is 0. The molecule has 0 aliphatic carbocycles. The number of hydrogen-bond acceptors (Lipinski definition) is 1. The molecule has 0 aliphatic rings. The van der Waals surface area contributed by atoms with Gasteiger partial charge in [-0.15, -0.1) is 0 Å². The summed E-state index contributed by atoms with van der Waals surface area (Å²) in [5.74, 6) is 1.83. The number of hydrogen-bond donors (Lipinski definition) is 0. The number of carbonyl (C=O) groups is 1. The lowest BCUT2D eigenvalue weighted by molar-refractivity contribution is -0.115. The van der Waals surface area contributed by atoms with Crippen LogP contribution in [-0.4, -0.2) is 11.8 Å². The summed E-state index contributed by atoms with van der Waals surface area (Å²) in [6.45, 7) is 4.43. The minimum Gasteiger partial charge on any atom is -0.272 e. The first-order chi connectivity index (χ1) is 2.77. The van der Waals surface area contributed by atoms with Gasteiger partial charge in [0.25, 0.3) is 5.91 Å². The van der Waals surface area contributed by atoms with Gasteiger partial charge in [0.2, 0.25) is 0 Å². The second kappa shape index (κ2) is 2.36. The highest BCUT2D eigenvalue weighted by Gasteiger charge is 1.73. The molecule has 0 bridgehead atoms. The van der Waals surface area contributed by atoms with Crippen molar-refractivity contribution in [1.29, 1.82) is 0 Å². The average Bonchev–Trinajstić information content (AvgIpc) is 1.35. The van der Waals surface area contributed by atoms with Crippen LogP contribution in [0, 0.1) is 0 Å². The number of aliphatic imine (C=N–C) groups is 1. The Morgan fingerprint density at radius 3 is 2.50 bits per heavy atom. The van der Waals surface area contributed by atoms with Crippen molar-refractivity contribution in [3.05, 3.63) is 6.58 Å². The lowest BCUT2D eigenvalue weighted by Gasteiger charge is -1.64. The number of carbonyl (C=O) groups excluding carboxylic acids is 1. The molecule has 0 fully saturated rings. The molecule has 0 aromatic rings. The Balaban J connectivity index is 3.60. The van der Waals surface area contributed by atoms with Gasteiger partial charge in [0, 0.05) is 6.92 Å². The molecule has 0 saturated carbocycles. The quantitative estimate of drug-likeness (QED) is 0.389. The van der Waals surface area contributed by atoms with Crippen LogP contribution in [0.1, 0.15) is 6.92 Å². The Hall–Kier alpha value is -0.880. The molecule has 0 aliphatic heterocycles. The first-order valence-corrected chi connectivity index (χ1v) is 1.50. The summed E-state index contributed by atoms with van der Waals surface area (Å²) in [6, 6.07) is 0. The molecule has 0 aromatic carbocycles. The topological polar surface area (TPSA) is 29.4 Å². The third-order valence-electron chi connectivity index (χ3n) is 0.237. The van der Waals surface area contributed by atoms with E-state index in [9.17, 15) is 4.79 Å². The molecule has 0 aromatic heterocycles. The number of nitrogens with zero attached hydrogens (tertiary/aromatic N) is 1. The van der Waals surface area contributed by atoms with E-state index in [1.54, 1.807) is 0 Å². The van der Waals surface area contributed by atoms with Crippen LogP contribution in [0.15, 0.2) is 11.6 Å². The summed E-state index contributed by atoms with van der Waals surface area (Å²) >= 11 is 0. The molecule has 0 spiro atoms. The normalized spacial score (nSPS) is 6.17. The zero-order valence-electron chi connectivity index (χ0n) is 3.56. The molecule has 32 valence electrons. The second-order valence-corrected chi connectivity index (χ2v) is 0.789. The van der Waals surface area contributed by atoms with Crippen molar-refractivity contribution in [1.82, 2.24) is 0 Å². The monoisotopic (exact) mass is 83.0 g/mol. The van der Waals surface area contributed by atoms with Crippen molar-refractivity contribution in [2.75, 3.05) is 0 Å². The van der Waals surface area contributed by atoms with Crippen molar-refractivity contribution in [2.45, 2.75) is 6.92 Å². The molecule has 0 N–H and O–H groups in total. The summed E-state index contributed by atoms with van der Waals surface area (Å²) in [5.41, 5.74) is 0. The highest BCUT2D eigenvalue weighted by molar-refractivity contribution is 5.80. The van der Waals surface area contributed by atoms with Crippen molar-refractivity contribution >= 4 is 11.8 Å². The Morgan fingerprint density at radius 2 is 2.50 bits per heavy atom. The maximum Gasteiger partial charge on any atom is 0.250 e. The summed E-state index contributed by atoms with van der Waals surface area (Å²) in [4.78, 5) is 12.9. The fraction of sp³-hybridized carbons (Fsp3) is 0.250. The summed E-state index contributed by atoms with van der Waals surface area (Å²) in [7, 11) is 0. The second-order valence-electron chi connectivity index (χ2n) is 0.789. The lowest BCUT2D eigenvalue weighted by Crippen LogP contribution is -1.76. The molecule has 0 radical (unpaired) electrons. The minimum absolute atomic E-state index is 0.259. The van der Waals surface area contributed by atoms with Gasteiger partial charge in [-0.3, -0.25) is 4.79 Å². The van der Waals surface area contributed by atoms with E-state index in [4.69, 9.17) is 0 Å². The van der Waals surface area contributed by atoms with Crippen LogP contribution >= 0.6 is 0 Å². The van der Waals surface area contributed by atoms with Crippen LogP contribution in [0.25, 0.3) is 0 Å². The maximum atomic E-state index is 9.77. The van der Waals surface area contributed by atoms with Gasteiger partial charge in [-0.1, -0.05) is 0 Å². The van der Waals surface area contributed by atoms with Crippen LogP contribution in [-0.2, 0) is 4.79 Å². The molecule has 0 unspecified atom stereocenters. The van der Waals surface area contributed by atoms with Gasteiger partial charge >= 0.3 is 0 Å². The van der Waals surface area contributed by atoms with E-state index in [0.717, 1.165) is 0 Å². The van der Waals surface area contributed by atoms with Crippen molar-refractivity contribution in [2.24, 2.45) is 4.99 Å². The van der Waals surface area contributed by atoms with Gasteiger partial charge in [-0.05, 0) is 12.4 Å². The third kappa shape index (κ3) is 3.12. The minimum atomic E-state index is -0.259. The standard InChI is InChI=1S/C4H5NO/c1-3-5-4(2)6/h1H2,2H3. The van der Waals surface area contributed by atoms with Crippen LogP contribution < -0.4 is 0 Å². The Labute approximate surface area is 36.2 Å². The van der Waals surface area contributed by atoms with E-state index in [0.29, 0.717) is 0 Å². The highest BCUT2D eigenvalue weighted by atomic mass is 16.1. The van der Waals surface area contributed by atoms with Gasteiger partial charge in [0.15, 0.2) is 0 Å². The Bertz CT molecular complexity index is 100. The molecule has 0 heterocycles. The van der Waals surface area contributed by atoms with Gasteiger partial charge in [-0.25, -0.2) is 0 Å². The van der Waals surface area contributed by atoms with E-state index in [2.05, 4.69) is 17.4 Å². The van der Waals surface area contributed by atoms with E-state index < -0.39 is 0 Å². The molecular weight excluding hydrogens is 78.0 g/mol. The molecular formula is C4H5NO. The molecule has 0 atom stereocenters. The number of rotatable bonds is 0. The van der Waals surface area contributed by atoms with Crippen LogP contribution in [0.4, 0.5) is 0 Å². The first kappa shape index (κ1) is 5.12. The van der Waals surface area contributed by atoms with Gasteiger partial charge in [0.1, 0.15) is 0 Å². The van der Waals surface area contributed by atoms with Crippen molar-refractivity contribution in [3.63, 3.8) is 0 Å². The summed E-state index contributed by atoms with van der Waals surface area (Å²) in [5, 5.41) is 0. The smallest absolute Gasteiger partial charge is 0.250 e. The predicted molar refractivity (Wildman–Crippen MR) is 23.7 cm³/mol.